The van der Waals surface area contributed by atoms with Crippen molar-refractivity contribution in [3.8, 4) is 0 Å². The molecule has 0 saturated heterocycles. The highest BCUT2D eigenvalue weighted by atomic mass is 32.1. The van der Waals surface area contributed by atoms with Gasteiger partial charge in [-0.1, -0.05) is 30.4 Å². The van der Waals surface area contributed by atoms with Gasteiger partial charge in [-0.05, 0) is 48.7 Å². The van der Waals surface area contributed by atoms with Crippen LogP contribution in [0.5, 0.6) is 0 Å². The lowest BCUT2D eigenvalue weighted by atomic mass is 10.1. The van der Waals surface area contributed by atoms with Gasteiger partial charge in [0.25, 0.3) is 0 Å². The summed E-state index contributed by atoms with van der Waals surface area (Å²) in [4.78, 5) is 5.16. The first kappa shape index (κ1) is 16.6. The Morgan fingerprint density at radius 3 is 2.67 bits per heavy atom. The number of nitrogens with two attached hydrogens (primary N) is 1. The molecule has 0 aliphatic carbocycles. The van der Waals surface area contributed by atoms with E-state index in [0.29, 0.717) is 18.1 Å². The topological polar surface area (TPSA) is 53.1 Å². The number of imidazole rings is 1. The molecule has 0 fully saturated rings. The molecule has 0 radical (unpaired) electrons. The number of methoxy groups -OCH3 is 1. The molecule has 124 valence electrons. The quantitative estimate of drug-likeness (QED) is 0.723. The first-order valence-electron chi connectivity index (χ1n) is 7.83. The van der Waals surface area contributed by atoms with Gasteiger partial charge >= 0.3 is 0 Å². The van der Waals surface area contributed by atoms with Crippen LogP contribution in [-0.2, 0) is 17.9 Å². The number of hydrogen-bond acceptors (Lipinski definition) is 3. The molecular weight excluding hydrogens is 318 g/mol. The number of aromatic nitrogens is 2. The van der Waals surface area contributed by atoms with E-state index >= 15 is 0 Å². The molecule has 0 aliphatic heterocycles. The van der Waals surface area contributed by atoms with Gasteiger partial charge in [0.05, 0.1) is 11.0 Å². The van der Waals surface area contributed by atoms with E-state index in [-0.39, 0.29) is 0 Å². The van der Waals surface area contributed by atoms with E-state index in [1.807, 2.05) is 18.2 Å². The van der Waals surface area contributed by atoms with Crippen LogP contribution in [-0.4, -0.2) is 21.6 Å². The second-order valence-corrected chi connectivity index (χ2v) is 6.48. The van der Waals surface area contributed by atoms with Crippen LogP contribution in [0.2, 0.25) is 0 Å². The maximum atomic E-state index is 5.75. The average Bonchev–Trinajstić information content (AvgIpc) is 2.85. The third-order valence-corrected chi connectivity index (χ3v) is 4.50. The van der Waals surface area contributed by atoms with Crippen molar-refractivity contribution in [2.75, 3.05) is 7.11 Å². The molecule has 24 heavy (non-hydrogen) atoms. The normalized spacial score (nSPS) is 11.1. The summed E-state index contributed by atoms with van der Waals surface area (Å²) >= 11 is 5.08. The number of aryl methyl sites for hydroxylation is 2. The highest BCUT2D eigenvalue weighted by Gasteiger charge is 2.13. The number of hydrogen-bond donors (Lipinski definition) is 1. The van der Waals surface area contributed by atoms with Gasteiger partial charge in [0.15, 0.2) is 0 Å². The van der Waals surface area contributed by atoms with Crippen LogP contribution in [0.3, 0.4) is 0 Å². The SMILES string of the molecule is COCc1nc2cc(C)c(C)cc2n1Cc1cccc(C(N)=S)c1. The summed E-state index contributed by atoms with van der Waals surface area (Å²) in [5.74, 6) is 0.915. The Kier molecular flexibility index (Phi) is 4.64. The Morgan fingerprint density at radius 1 is 1.21 bits per heavy atom. The molecule has 0 saturated carbocycles. The molecule has 0 aliphatic rings. The molecule has 0 spiro atoms. The van der Waals surface area contributed by atoms with E-state index in [0.717, 1.165) is 28.0 Å². The van der Waals surface area contributed by atoms with E-state index in [1.54, 1.807) is 7.11 Å². The molecule has 0 amide bonds. The minimum absolute atomic E-state index is 0.413. The highest BCUT2D eigenvalue weighted by Crippen LogP contribution is 2.23. The molecule has 1 heterocycles. The molecule has 0 bridgehead atoms. The fourth-order valence-electron chi connectivity index (χ4n) is 2.85. The number of nitrogens with zero attached hydrogens (tertiary/aromatic N) is 2. The summed E-state index contributed by atoms with van der Waals surface area (Å²) in [5, 5.41) is 0. The number of fused-ring (bicyclic) bond motifs is 1. The molecule has 0 unspecified atom stereocenters. The standard InChI is InChI=1S/C19H21N3OS/c1-12-7-16-17(8-13(12)2)22(18(21-16)11-23-3)10-14-5-4-6-15(9-14)19(20)24/h4-9H,10-11H2,1-3H3,(H2,20,24). The summed E-state index contributed by atoms with van der Waals surface area (Å²) in [6.07, 6.45) is 0. The van der Waals surface area contributed by atoms with E-state index in [2.05, 4.69) is 36.6 Å². The molecule has 3 rings (SSSR count). The van der Waals surface area contributed by atoms with Gasteiger partial charge in [0.1, 0.15) is 17.4 Å². The van der Waals surface area contributed by atoms with Crippen LogP contribution in [0.15, 0.2) is 36.4 Å². The average molecular weight is 339 g/mol. The first-order chi connectivity index (χ1) is 11.5. The molecule has 2 aromatic carbocycles. The second-order valence-electron chi connectivity index (χ2n) is 6.04. The van der Waals surface area contributed by atoms with Crippen molar-refractivity contribution in [3.05, 3.63) is 64.5 Å². The molecule has 5 heteroatoms. The predicted octanol–water partition coefficient (Wildman–Crippen LogP) is 3.48. The fraction of sp³-hybridized carbons (Fsp3) is 0.263. The summed E-state index contributed by atoms with van der Waals surface area (Å²) in [6.45, 7) is 5.40. The minimum atomic E-state index is 0.413. The van der Waals surface area contributed by atoms with Crippen molar-refractivity contribution in [2.45, 2.75) is 27.0 Å². The van der Waals surface area contributed by atoms with Gasteiger partial charge in [-0.25, -0.2) is 4.98 Å². The lowest BCUT2D eigenvalue weighted by Crippen LogP contribution is -2.11. The Morgan fingerprint density at radius 2 is 1.96 bits per heavy atom. The third kappa shape index (κ3) is 3.18. The summed E-state index contributed by atoms with van der Waals surface area (Å²) in [5.41, 5.74) is 12.4. The van der Waals surface area contributed by atoms with Crippen LogP contribution in [0.25, 0.3) is 11.0 Å². The number of ether oxygens (including phenoxy) is 1. The third-order valence-electron chi connectivity index (χ3n) is 4.27. The Bertz CT molecular complexity index is 914. The number of thiocarbonyl (C=S) groups is 1. The molecule has 1 aromatic heterocycles. The fourth-order valence-corrected chi connectivity index (χ4v) is 2.98. The van der Waals surface area contributed by atoms with Crippen molar-refractivity contribution in [3.63, 3.8) is 0 Å². The van der Waals surface area contributed by atoms with Gasteiger partial charge in [-0.3, -0.25) is 0 Å². The predicted molar refractivity (Wildman–Crippen MR) is 101 cm³/mol. The van der Waals surface area contributed by atoms with Crippen molar-refractivity contribution in [1.29, 1.82) is 0 Å². The van der Waals surface area contributed by atoms with E-state index in [9.17, 15) is 0 Å². The van der Waals surface area contributed by atoms with E-state index in [4.69, 9.17) is 27.7 Å². The van der Waals surface area contributed by atoms with Crippen LogP contribution in [0, 0.1) is 13.8 Å². The first-order valence-corrected chi connectivity index (χ1v) is 8.24. The van der Waals surface area contributed by atoms with Gasteiger partial charge in [0.2, 0.25) is 0 Å². The molecular formula is C19H21N3OS. The minimum Gasteiger partial charge on any atom is -0.389 e. The molecule has 3 aromatic rings. The van der Waals surface area contributed by atoms with Crippen molar-refractivity contribution >= 4 is 28.2 Å². The monoisotopic (exact) mass is 339 g/mol. The number of benzene rings is 2. The molecule has 4 nitrogen and oxygen atoms in total. The maximum absolute atomic E-state index is 5.75. The van der Waals surface area contributed by atoms with Crippen LogP contribution < -0.4 is 5.73 Å². The summed E-state index contributed by atoms with van der Waals surface area (Å²) < 4.78 is 7.53. The molecule has 2 N–H and O–H groups in total. The van der Waals surface area contributed by atoms with Crippen molar-refractivity contribution < 1.29 is 4.74 Å². The van der Waals surface area contributed by atoms with Crippen molar-refractivity contribution in [1.82, 2.24) is 9.55 Å². The Labute approximate surface area is 147 Å². The molecule has 0 atom stereocenters. The van der Waals surface area contributed by atoms with Gasteiger partial charge in [0, 0.05) is 19.2 Å². The smallest absolute Gasteiger partial charge is 0.136 e. The highest BCUT2D eigenvalue weighted by molar-refractivity contribution is 7.80. The van der Waals surface area contributed by atoms with Gasteiger partial charge in [-0.15, -0.1) is 0 Å². The lowest BCUT2D eigenvalue weighted by molar-refractivity contribution is 0.175. The summed E-state index contributed by atoms with van der Waals surface area (Å²) in [7, 11) is 1.69. The Balaban J connectivity index is 2.10. The van der Waals surface area contributed by atoms with Gasteiger partial charge < -0.3 is 15.0 Å². The largest absolute Gasteiger partial charge is 0.389 e. The van der Waals surface area contributed by atoms with Crippen LogP contribution in [0.1, 0.15) is 28.1 Å². The lowest BCUT2D eigenvalue weighted by Gasteiger charge is -2.11. The number of rotatable bonds is 5. The zero-order valence-electron chi connectivity index (χ0n) is 14.2. The van der Waals surface area contributed by atoms with E-state index in [1.165, 1.54) is 11.1 Å². The van der Waals surface area contributed by atoms with Gasteiger partial charge in [-0.2, -0.15) is 0 Å². The maximum Gasteiger partial charge on any atom is 0.136 e. The summed E-state index contributed by atoms with van der Waals surface area (Å²) in [6, 6.07) is 12.3. The second kappa shape index (κ2) is 6.71. The Hall–Kier alpha value is -2.24. The van der Waals surface area contributed by atoms with Crippen LogP contribution >= 0.6 is 12.2 Å². The zero-order valence-corrected chi connectivity index (χ0v) is 15.0. The van der Waals surface area contributed by atoms with Crippen molar-refractivity contribution in [2.24, 2.45) is 5.73 Å². The van der Waals surface area contributed by atoms with Crippen LogP contribution in [0.4, 0.5) is 0 Å². The zero-order chi connectivity index (χ0) is 17.3. The van der Waals surface area contributed by atoms with E-state index < -0.39 is 0 Å².